The molecule has 0 unspecified atom stereocenters. The first-order chi connectivity index (χ1) is 13.5. The lowest BCUT2D eigenvalue weighted by molar-refractivity contribution is 0.0940. The van der Waals surface area contributed by atoms with Crippen LogP contribution in [0.5, 0.6) is 0 Å². The number of hydrogen-bond donors (Lipinski definition) is 2. The molecule has 146 valence electrons. The molecule has 0 spiro atoms. The van der Waals surface area contributed by atoms with E-state index in [9.17, 15) is 4.79 Å². The van der Waals surface area contributed by atoms with E-state index in [1.165, 1.54) is 0 Å². The summed E-state index contributed by atoms with van der Waals surface area (Å²) in [7, 11) is 0. The summed E-state index contributed by atoms with van der Waals surface area (Å²) in [5, 5.41) is 10.2. The Hall–Kier alpha value is -3.02. The van der Waals surface area contributed by atoms with Crippen molar-refractivity contribution >= 4 is 5.91 Å². The zero-order chi connectivity index (χ0) is 20.1. The van der Waals surface area contributed by atoms with Crippen molar-refractivity contribution in [2.45, 2.75) is 53.0 Å². The van der Waals surface area contributed by atoms with E-state index in [0.29, 0.717) is 12.0 Å². The van der Waals surface area contributed by atoms with Gasteiger partial charge < -0.3 is 5.32 Å². The molecule has 1 atom stereocenters. The van der Waals surface area contributed by atoms with Crippen molar-refractivity contribution < 1.29 is 4.79 Å². The van der Waals surface area contributed by atoms with Crippen LogP contribution in [0.3, 0.4) is 0 Å². The summed E-state index contributed by atoms with van der Waals surface area (Å²) < 4.78 is 0. The third kappa shape index (κ3) is 4.82. The predicted molar refractivity (Wildman–Crippen MR) is 110 cm³/mol. The van der Waals surface area contributed by atoms with Crippen molar-refractivity contribution in [3.63, 3.8) is 0 Å². The number of aryl methyl sites for hydroxylation is 3. The van der Waals surface area contributed by atoms with Crippen molar-refractivity contribution in [2.75, 3.05) is 0 Å². The minimum atomic E-state index is -0.0843. The molecule has 3 rings (SSSR count). The summed E-state index contributed by atoms with van der Waals surface area (Å²) in [5.41, 5.74) is 5.69. The summed E-state index contributed by atoms with van der Waals surface area (Å²) in [6.07, 6.45) is 4.56. The van der Waals surface area contributed by atoms with E-state index in [-0.39, 0.29) is 11.9 Å². The van der Waals surface area contributed by atoms with Gasteiger partial charge in [-0.2, -0.15) is 5.10 Å². The normalized spacial score (nSPS) is 12.0. The van der Waals surface area contributed by atoms with Crippen LogP contribution in [0.1, 0.15) is 53.4 Å². The molecule has 0 aliphatic heterocycles. The molecule has 0 bridgehead atoms. The highest BCUT2D eigenvalue weighted by atomic mass is 16.1. The van der Waals surface area contributed by atoms with E-state index in [0.717, 1.165) is 46.9 Å². The van der Waals surface area contributed by atoms with Crippen LogP contribution < -0.4 is 5.32 Å². The largest absolute Gasteiger partial charge is 0.349 e. The quantitative estimate of drug-likeness (QED) is 0.656. The van der Waals surface area contributed by atoms with E-state index in [1.54, 1.807) is 0 Å². The Labute approximate surface area is 165 Å². The average molecular weight is 377 g/mol. The van der Waals surface area contributed by atoms with Gasteiger partial charge in [0.05, 0.1) is 11.4 Å². The molecule has 2 aromatic heterocycles. The topological polar surface area (TPSA) is 83.6 Å². The second kappa shape index (κ2) is 8.78. The van der Waals surface area contributed by atoms with Crippen LogP contribution in [-0.4, -0.2) is 32.1 Å². The highest BCUT2D eigenvalue weighted by Gasteiger charge is 2.13. The van der Waals surface area contributed by atoms with Gasteiger partial charge in [-0.3, -0.25) is 9.89 Å². The number of rotatable bonds is 7. The molecule has 2 heterocycles. The van der Waals surface area contributed by atoms with Crippen molar-refractivity contribution in [3.8, 4) is 11.3 Å². The average Bonchev–Trinajstić information content (AvgIpc) is 3.08. The Bertz CT molecular complexity index is 946. The second-order valence-corrected chi connectivity index (χ2v) is 7.24. The number of H-pyrrole nitrogens is 1. The van der Waals surface area contributed by atoms with Gasteiger partial charge in [0.2, 0.25) is 0 Å². The zero-order valence-corrected chi connectivity index (χ0v) is 16.9. The number of amides is 1. The highest BCUT2D eigenvalue weighted by molar-refractivity contribution is 5.94. The molecule has 28 heavy (non-hydrogen) atoms. The smallest absolute Gasteiger partial charge is 0.251 e. The minimum absolute atomic E-state index is 0.00412. The van der Waals surface area contributed by atoms with E-state index >= 15 is 0 Å². The molecule has 1 amide bonds. The Morgan fingerprint density at radius 2 is 1.96 bits per heavy atom. The van der Waals surface area contributed by atoms with Crippen LogP contribution in [-0.2, 0) is 12.8 Å². The van der Waals surface area contributed by atoms with Crippen LogP contribution in [0.25, 0.3) is 11.3 Å². The van der Waals surface area contributed by atoms with Gasteiger partial charge in [-0.1, -0.05) is 25.5 Å². The number of nitrogens with zero attached hydrogens (tertiary/aromatic N) is 3. The van der Waals surface area contributed by atoms with E-state index < -0.39 is 0 Å². The fraction of sp³-hybridized carbons (Fsp3) is 0.364. The molecule has 0 aliphatic carbocycles. The number of hydrogen-bond acceptors (Lipinski definition) is 4. The number of aromatic amines is 1. The van der Waals surface area contributed by atoms with Gasteiger partial charge in [-0.05, 0) is 51.0 Å². The third-order valence-corrected chi connectivity index (χ3v) is 4.58. The molecule has 2 N–H and O–H groups in total. The van der Waals surface area contributed by atoms with E-state index in [2.05, 4.69) is 32.4 Å². The molecule has 1 aromatic carbocycles. The van der Waals surface area contributed by atoms with E-state index in [1.807, 2.05) is 57.3 Å². The first-order valence-corrected chi connectivity index (χ1v) is 9.71. The molecule has 0 radical (unpaired) electrons. The Kier molecular flexibility index (Phi) is 6.19. The van der Waals surface area contributed by atoms with Gasteiger partial charge in [0, 0.05) is 35.5 Å². The van der Waals surface area contributed by atoms with Gasteiger partial charge in [-0.15, -0.1) is 0 Å². The molecule has 0 fully saturated rings. The minimum Gasteiger partial charge on any atom is -0.349 e. The maximum Gasteiger partial charge on any atom is 0.251 e. The highest BCUT2D eigenvalue weighted by Crippen LogP contribution is 2.23. The summed E-state index contributed by atoms with van der Waals surface area (Å²) in [5.74, 6) is 0.665. The molecule has 6 nitrogen and oxygen atoms in total. The Morgan fingerprint density at radius 1 is 1.21 bits per heavy atom. The van der Waals surface area contributed by atoms with Gasteiger partial charge in [-0.25, -0.2) is 9.97 Å². The van der Waals surface area contributed by atoms with Gasteiger partial charge in [0.15, 0.2) is 0 Å². The number of carbonyl (C=O) groups is 1. The lowest BCUT2D eigenvalue weighted by Gasteiger charge is -2.13. The maximum atomic E-state index is 12.6. The standard InChI is InChI=1S/C22H27N5O/c1-5-6-19-13-23-16(4)25-21(19)17-7-9-18(10-8-17)22(28)24-14(2)11-20-12-15(3)26-27-20/h7-10,12-14H,5-6,11H2,1-4H3,(H,24,28)(H,26,27)/t14-/m0/s1. The molecule has 0 aliphatic rings. The maximum absolute atomic E-state index is 12.6. The molecular weight excluding hydrogens is 350 g/mol. The fourth-order valence-electron chi connectivity index (χ4n) is 3.23. The Morgan fingerprint density at radius 3 is 2.61 bits per heavy atom. The summed E-state index contributed by atoms with van der Waals surface area (Å²) in [6, 6.07) is 9.60. The number of benzene rings is 1. The van der Waals surface area contributed by atoms with Gasteiger partial charge in [0.1, 0.15) is 5.82 Å². The number of nitrogens with one attached hydrogen (secondary N) is 2. The van der Waals surface area contributed by atoms with Crippen LogP contribution in [0.2, 0.25) is 0 Å². The lowest BCUT2D eigenvalue weighted by atomic mass is 10.0. The molecule has 6 heteroatoms. The zero-order valence-electron chi connectivity index (χ0n) is 16.9. The molecule has 3 aromatic rings. The molecule has 0 saturated carbocycles. The van der Waals surface area contributed by atoms with Crippen molar-refractivity contribution in [1.82, 2.24) is 25.5 Å². The number of carbonyl (C=O) groups excluding carboxylic acids is 1. The molecular formula is C22H27N5O. The van der Waals surface area contributed by atoms with Crippen molar-refractivity contribution in [2.24, 2.45) is 0 Å². The number of aromatic nitrogens is 4. The third-order valence-electron chi connectivity index (χ3n) is 4.58. The first-order valence-electron chi connectivity index (χ1n) is 9.71. The van der Waals surface area contributed by atoms with E-state index in [4.69, 9.17) is 0 Å². The SMILES string of the molecule is CCCc1cnc(C)nc1-c1ccc(C(=O)N[C@@H](C)Cc2cc(C)[nH]n2)cc1. The second-order valence-electron chi connectivity index (χ2n) is 7.24. The van der Waals surface area contributed by atoms with Crippen LogP contribution in [0, 0.1) is 13.8 Å². The Balaban J connectivity index is 1.70. The van der Waals surface area contributed by atoms with Crippen LogP contribution in [0.15, 0.2) is 36.5 Å². The lowest BCUT2D eigenvalue weighted by Crippen LogP contribution is -2.34. The van der Waals surface area contributed by atoms with Crippen LogP contribution >= 0.6 is 0 Å². The first kappa shape index (κ1) is 19.7. The fourth-order valence-corrected chi connectivity index (χ4v) is 3.23. The predicted octanol–water partition coefficient (Wildman–Crippen LogP) is 3.80. The summed E-state index contributed by atoms with van der Waals surface area (Å²) in [6.45, 7) is 7.98. The van der Waals surface area contributed by atoms with Crippen LogP contribution in [0.4, 0.5) is 0 Å². The summed E-state index contributed by atoms with van der Waals surface area (Å²) in [4.78, 5) is 21.5. The molecule has 0 saturated heterocycles. The monoisotopic (exact) mass is 377 g/mol. The van der Waals surface area contributed by atoms with Crippen molar-refractivity contribution in [3.05, 3.63) is 64.9 Å². The van der Waals surface area contributed by atoms with Gasteiger partial charge >= 0.3 is 0 Å². The van der Waals surface area contributed by atoms with Gasteiger partial charge in [0.25, 0.3) is 5.91 Å². The summed E-state index contributed by atoms with van der Waals surface area (Å²) >= 11 is 0. The van der Waals surface area contributed by atoms with Crippen molar-refractivity contribution in [1.29, 1.82) is 0 Å².